The average Bonchev–Trinajstić information content (AvgIpc) is 2.87. The minimum absolute atomic E-state index is 0.888. The first kappa shape index (κ1) is 11.3. The number of benzene rings is 2. The van der Waals surface area contributed by atoms with Crippen molar-refractivity contribution in [2.24, 2.45) is 0 Å². The predicted octanol–water partition coefficient (Wildman–Crippen LogP) is 4.19. The van der Waals surface area contributed by atoms with Gasteiger partial charge in [-0.05, 0) is 24.6 Å². The molecule has 1 N–H and O–H groups in total. The second kappa shape index (κ2) is 3.97. The molecule has 2 aromatic carbocycles. The highest BCUT2D eigenvalue weighted by atomic mass is 16.5. The Labute approximate surface area is 116 Å². The number of H-pyrrole nitrogens is 1. The summed E-state index contributed by atoms with van der Waals surface area (Å²) in [7, 11) is 1.72. The zero-order valence-corrected chi connectivity index (χ0v) is 11.4. The van der Waals surface area contributed by atoms with Crippen LogP contribution >= 0.6 is 0 Å². The molecule has 0 spiro atoms. The van der Waals surface area contributed by atoms with E-state index in [4.69, 9.17) is 4.74 Å². The van der Waals surface area contributed by atoms with Gasteiger partial charge in [0.2, 0.25) is 0 Å². The number of para-hydroxylation sites is 1. The fourth-order valence-corrected chi connectivity index (χ4v) is 3.07. The third kappa shape index (κ3) is 1.32. The van der Waals surface area contributed by atoms with Gasteiger partial charge in [-0.3, -0.25) is 4.98 Å². The molecule has 4 rings (SSSR count). The molecule has 4 aromatic rings. The van der Waals surface area contributed by atoms with Crippen molar-refractivity contribution in [1.29, 1.82) is 0 Å². The normalized spacial score (nSPS) is 11.5. The highest BCUT2D eigenvalue weighted by Gasteiger charge is 2.16. The highest BCUT2D eigenvalue weighted by molar-refractivity contribution is 6.17. The molecule has 0 bridgehead atoms. The fourth-order valence-electron chi connectivity index (χ4n) is 3.07. The zero-order valence-electron chi connectivity index (χ0n) is 11.4. The van der Waals surface area contributed by atoms with Crippen LogP contribution in [0, 0.1) is 6.92 Å². The number of rotatable bonds is 1. The number of fused-ring (bicyclic) bond motifs is 4. The maximum Gasteiger partial charge on any atom is 0.150 e. The zero-order chi connectivity index (χ0) is 13.7. The molecule has 0 saturated heterocycles. The molecule has 98 valence electrons. The van der Waals surface area contributed by atoms with Crippen LogP contribution in [-0.4, -0.2) is 17.1 Å². The van der Waals surface area contributed by atoms with Gasteiger partial charge in [-0.1, -0.05) is 18.2 Å². The van der Waals surface area contributed by atoms with Crippen molar-refractivity contribution < 1.29 is 4.74 Å². The maximum atomic E-state index is 5.67. The second-order valence-electron chi connectivity index (χ2n) is 5.00. The first-order chi connectivity index (χ1) is 9.81. The number of aromatic nitrogens is 2. The molecule has 0 amide bonds. The number of nitrogens with zero attached hydrogens (tertiary/aromatic N) is 1. The van der Waals surface area contributed by atoms with Gasteiger partial charge in [0.25, 0.3) is 0 Å². The monoisotopic (exact) mass is 262 g/mol. The van der Waals surface area contributed by atoms with Crippen molar-refractivity contribution >= 4 is 32.6 Å². The molecule has 0 atom stereocenters. The quantitative estimate of drug-likeness (QED) is 0.558. The van der Waals surface area contributed by atoms with Gasteiger partial charge in [-0.25, -0.2) is 0 Å². The van der Waals surface area contributed by atoms with Crippen LogP contribution in [0.3, 0.4) is 0 Å². The fraction of sp³-hybridized carbons (Fsp3) is 0.118. The smallest absolute Gasteiger partial charge is 0.150 e. The number of ether oxygens (including phenoxy) is 1. The van der Waals surface area contributed by atoms with Crippen LogP contribution < -0.4 is 4.74 Å². The predicted molar refractivity (Wildman–Crippen MR) is 82.4 cm³/mol. The van der Waals surface area contributed by atoms with Gasteiger partial charge in [0.1, 0.15) is 0 Å². The van der Waals surface area contributed by atoms with Crippen LogP contribution in [0.2, 0.25) is 0 Å². The van der Waals surface area contributed by atoms with Gasteiger partial charge in [0.15, 0.2) is 5.75 Å². The maximum absolute atomic E-state index is 5.67. The van der Waals surface area contributed by atoms with Gasteiger partial charge in [-0.2, -0.15) is 0 Å². The average molecular weight is 262 g/mol. The van der Waals surface area contributed by atoms with Crippen molar-refractivity contribution in [3.63, 3.8) is 0 Å². The number of hydrogen-bond donors (Lipinski definition) is 1. The van der Waals surface area contributed by atoms with Crippen LogP contribution in [0.15, 0.2) is 42.7 Å². The summed E-state index contributed by atoms with van der Waals surface area (Å²) in [5, 5.41) is 4.68. The third-order valence-electron chi connectivity index (χ3n) is 3.98. The molecule has 0 aliphatic rings. The third-order valence-corrected chi connectivity index (χ3v) is 3.98. The number of aromatic amines is 1. The Hall–Kier alpha value is -2.55. The van der Waals surface area contributed by atoms with E-state index < -0.39 is 0 Å². The molecule has 0 saturated carbocycles. The lowest BCUT2D eigenvalue weighted by Gasteiger charge is -2.10. The van der Waals surface area contributed by atoms with Crippen molar-refractivity contribution in [1.82, 2.24) is 9.97 Å². The standard InChI is InChI=1S/C17H14N2O/c1-10-13-9-18-8-7-11(13)17(20-2)16-15(10)12-5-3-4-6-14(12)19-16/h3-9,19H,1-2H3. The molecule has 0 unspecified atom stereocenters. The van der Waals surface area contributed by atoms with Crippen LogP contribution in [0.1, 0.15) is 5.56 Å². The summed E-state index contributed by atoms with van der Waals surface area (Å²) >= 11 is 0. The number of nitrogens with one attached hydrogen (secondary N) is 1. The summed E-state index contributed by atoms with van der Waals surface area (Å²) in [6.45, 7) is 2.14. The van der Waals surface area contributed by atoms with E-state index in [1.165, 1.54) is 16.3 Å². The Morgan fingerprint density at radius 1 is 1.05 bits per heavy atom. The number of methoxy groups -OCH3 is 1. The Balaban J connectivity index is 2.37. The number of aryl methyl sites for hydroxylation is 1. The molecule has 2 aromatic heterocycles. The summed E-state index contributed by atoms with van der Waals surface area (Å²) in [5.41, 5.74) is 3.43. The number of pyridine rings is 1. The summed E-state index contributed by atoms with van der Waals surface area (Å²) in [5.74, 6) is 0.888. The first-order valence-corrected chi connectivity index (χ1v) is 6.62. The van der Waals surface area contributed by atoms with Crippen molar-refractivity contribution in [3.05, 3.63) is 48.3 Å². The molecular weight excluding hydrogens is 248 g/mol. The van der Waals surface area contributed by atoms with Gasteiger partial charge in [-0.15, -0.1) is 0 Å². The van der Waals surface area contributed by atoms with E-state index in [0.29, 0.717) is 0 Å². The molecule has 20 heavy (non-hydrogen) atoms. The Morgan fingerprint density at radius 3 is 2.75 bits per heavy atom. The first-order valence-electron chi connectivity index (χ1n) is 6.62. The molecule has 0 aliphatic carbocycles. The van der Waals surface area contributed by atoms with E-state index in [0.717, 1.165) is 27.6 Å². The SMILES string of the molecule is COc1c2ccncc2c(C)c2c1[nH]c1ccccc12. The van der Waals surface area contributed by atoms with Crippen molar-refractivity contribution in [2.45, 2.75) is 6.92 Å². The van der Waals surface area contributed by atoms with Gasteiger partial charge in [0, 0.05) is 39.5 Å². The topological polar surface area (TPSA) is 37.9 Å². The second-order valence-corrected chi connectivity index (χ2v) is 5.00. The summed E-state index contributed by atoms with van der Waals surface area (Å²) < 4.78 is 5.67. The van der Waals surface area contributed by atoms with E-state index in [1.54, 1.807) is 13.3 Å². The Kier molecular flexibility index (Phi) is 2.24. The minimum atomic E-state index is 0.888. The lowest BCUT2D eigenvalue weighted by molar-refractivity contribution is 0.424. The number of hydrogen-bond acceptors (Lipinski definition) is 2. The van der Waals surface area contributed by atoms with Gasteiger partial charge in [0.05, 0.1) is 12.6 Å². The molecule has 0 aliphatic heterocycles. The van der Waals surface area contributed by atoms with Crippen LogP contribution in [0.5, 0.6) is 5.75 Å². The summed E-state index contributed by atoms with van der Waals surface area (Å²) in [6.07, 6.45) is 3.72. The lowest BCUT2D eigenvalue weighted by atomic mass is 10.0. The summed E-state index contributed by atoms with van der Waals surface area (Å²) in [6, 6.07) is 10.3. The Morgan fingerprint density at radius 2 is 1.90 bits per heavy atom. The van der Waals surface area contributed by atoms with E-state index >= 15 is 0 Å². The molecule has 0 radical (unpaired) electrons. The Bertz CT molecular complexity index is 953. The largest absolute Gasteiger partial charge is 0.494 e. The van der Waals surface area contributed by atoms with E-state index in [1.807, 2.05) is 18.3 Å². The van der Waals surface area contributed by atoms with E-state index in [-0.39, 0.29) is 0 Å². The minimum Gasteiger partial charge on any atom is -0.494 e. The molecule has 2 heterocycles. The van der Waals surface area contributed by atoms with E-state index in [2.05, 4.69) is 35.1 Å². The molecular formula is C17H14N2O. The van der Waals surface area contributed by atoms with Crippen LogP contribution in [0.4, 0.5) is 0 Å². The van der Waals surface area contributed by atoms with Crippen molar-refractivity contribution in [3.8, 4) is 5.75 Å². The molecule has 0 fully saturated rings. The van der Waals surface area contributed by atoms with Crippen LogP contribution in [0.25, 0.3) is 32.6 Å². The van der Waals surface area contributed by atoms with Crippen LogP contribution in [-0.2, 0) is 0 Å². The van der Waals surface area contributed by atoms with E-state index in [9.17, 15) is 0 Å². The lowest BCUT2D eigenvalue weighted by Crippen LogP contribution is -1.90. The van der Waals surface area contributed by atoms with Gasteiger partial charge >= 0.3 is 0 Å². The van der Waals surface area contributed by atoms with Gasteiger partial charge < -0.3 is 9.72 Å². The van der Waals surface area contributed by atoms with Crippen molar-refractivity contribution in [2.75, 3.05) is 7.11 Å². The molecule has 3 nitrogen and oxygen atoms in total. The molecule has 3 heteroatoms. The highest BCUT2D eigenvalue weighted by Crippen LogP contribution is 2.40. The summed E-state index contributed by atoms with van der Waals surface area (Å²) in [4.78, 5) is 7.74.